The number of carbonyl (C=O) groups is 2. The minimum absolute atomic E-state index is 0.0183. The van der Waals surface area contributed by atoms with Gasteiger partial charge in [-0.1, -0.05) is 35.9 Å². The third-order valence-corrected chi connectivity index (χ3v) is 5.19. The second-order valence-corrected chi connectivity index (χ2v) is 7.44. The largest absolute Gasteiger partial charge is 0.346 e. The summed E-state index contributed by atoms with van der Waals surface area (Å²) >= 11 is 0. The number of aryl methyl sites for hydroxylation is 1. The standard InChI is InChI=1S/C22H27FN4O2/c1-16-6-8-17(9-7-16)20(27-12-10-26(2)11-13-27)15-24-21(28)22(29)25-19-5-3-4-18(23)14-19/h3-9,14,20H,10-13,15H2,1-2H3,(H,24,28)(H,25,29)/t20-/m1/s1. The monoisotopic (exact) mass is 398 g/mol. The smallest absolute Gasteiger partial charge is 0.313 e. The summed E-state index contributed by atoms with van der Waals surface area (Å²) in [4.78, 5) is 29.1. The summed E-state index contributed by atoms with van der Waals surface area (Å²) in [5.74, 6) is -2.02. The molecule has 1 heterocycles. The van der Waals surface area contributed by atoms with Gasteiger partial charge in [0.05, 0.1) is 6.04 Å². The van der Waals surface area contributed by atoms with E-state index >= 15 is 0 Å². The van der Waals surface area contributed by atoms with E-state index in [9.17, 15) is 14.0 Å². The topological polar surface area (TPSA) is 64.7 Å². The highest BCUT2D eigenvalue weighted by Crippen LogP contribution is 2.22. The normalized spacial score (nSPS) is 16.2. The lowest BCUT2D eigenvalue weighted by Gasteiger charge is -2.38. The highest BCUT2D eigenvalue weighted by Gasteiger charge is 2.25. The van der Waals surface area contributed by atoms with Gasteiger partial charge in [0, 0.05) is 38.4 Å². The number of hydrogen-bond acceptors (Lipinski definition) is 4. The van der Waals surface area contributed by atoms with Crippen LogP contribution in [0.3, 0.4) is 0 Å². The summed E-state index contributed by atoms with van der Waals surface area (Å²) in [5.41, 5.74) is 2.52. The fourth-order valence-electron chi connectivity index (χ4n) is 3.40. The first-order valence-corrected chi connectivity index (χ1v) is 9.76. The number of hydrogen-bond donors (Lipinski definition) is 2. The molecule has 1 atom stereocenters. The lowest BCUT2D eigenvalue weighted by molar-refractivity contribution is -0.136. The summed E-state index contributed by atoms with van der Waals surface area (Å²) in [6.45, 7) is 6.04. The molecule has 154 valence electrons. The predicted octanol–water partition coefficient (Wildman–Crippen LogP) is 2.18. The van der Waals surface area contributed by atoms with E-state index in [0.29, 0.717) is 6.54 Å². The number of nitrogens with zero attached hydrogens (tertiary/aromatic N) is 2. The number of nitrogens with one attached hydrogen (secondary N) is 2. The van der Waals surface area contributed by atoms with Crippen LogP contribution in [0.25, 0.3) is 0 Å². The maximum atomic E-state index is 13.3. The first-order valence-electron chi connectivity index (χ1n) is 9.76. The molecule has 7 heteroatoms. The van der Waals surface area contributed by atoms with Gasteiger partial charge in [0.25, 0.3) is 0 Å². The van der Waals surface area contributed by atoms with E-state index in [1.807, 2.05) is 6.92 Å². The molecular weight excluding hydrogens is 371 g/mol. The maximum Gasteiger partial charge on any atom is 0.313 e. The van der Waals surface area contributed by atoms with Gasteiger partial charge in [0.15, 0.2) is 0 Å². The van der Waals surface area contributed by atoms with Gasteiger partial charge < -0.3 is 15.5 Å². The Labute approximate surface area is 170 Å². The van der Waals surface area contributed by atoms with Crippen LogP contribution < -0.4 is 10.6 Å². The van der Waals surface area contributed by atoms with Crippen LogP contribution in [-0.4, -0.2) is 61.4 Å². The zero-order chi connectivity index (χ0) is 20.8. The molecular formula is C22H27FN4O2. The minimum atomic E-state index is -0.809. The van der Waals surface area contributed by atoms with Crippen molar-refractivity contribution < 1.29 is 14.0 Å². The Bertz CT molecular complexity index is 848. The fourth-order valence-corrected chi connectivity index (χ4v) is 3.40. The van der Waals surface area contributed by atoms with E-state index in [2.05, 4.69) is 51.7 Å². The molecule has 1 fully saturated rings. The molecule has 3 rings (SSSR count). The molecule has 2 aromatic carbocycles. The van der Waals surface area contributed by atoms with Crippen molar-refractivity contribution in [3.05, 3.63) is 65.5 Å². The van der Waals surface area contributed by atoms with Crippen LogP contribution in [0, 0.1) is 12.7 Å². The Hall–Kier alpha value is -2.77. The number of anilines is 1. The van der Waals surface area contributed by atoms with E-state index in [-0.39, 0.29) is 11.7 Å². The quantitative estimate of drug-likeness (QED) is 0.758. The molecule has 6 nitrogen and oxygen atoms in total. The Morgan fingerprint density at radius 2 is 1.72 bits per heavy atom. The van der Waals surface area contributed by atoms with E-state index in [1.54, 1.807) is 0 Å². The van der Waals surface area contributed by atoms with Crippen molar-refractivity contribution in [3.63, 3.8) is 0 Å². The Morgan fingerprint density at radius 3 is 2.38 bits per heavy atom. The Morgan fingerprint density at radius 1 is 1.03 bits per heavy atom. The van der Waals surface area contributed by atoms with Crippen molar-refractivity contribution in [1.29, 1.82) is 0 Å². The Kier molecular flexibility index (Phi) is 6.95. The van der Waals surface area contributed by atoms with Crippen LogP contribution in [-0.2, 0) is 9.59 Å². The molecule has 1 saturated heterocycles. The van der Waals surface area contributed by atoms with Crippen molar-refractivity contribution in [1.82, 2.24) is 15.1 Å². The zero-order valence-electron chi connectivity index (χ0n) is 16.8. The van der Waals surface area contributed by atoms with E-state index in [1.165, 1.54) is 29.8 Å². The number of halogens is 1. The molecule has 2 amide bonds. The lowest BCUT2D eigenvalue weighted by atomic mass is 10.0. The van der Waals surface area contributed by atoms with Gasteiger partial charge in [-0.25, -0.2) is 4.39 Å². The molecule has 0 aliphatic carbocycles. The average Bonchev–Trinajstić information content (AvgIpc) is 2.70. The number of likely N-dealkylation sites (N-methyl/N-ethyl adjacent to an activating group) is 1. The van der Waals surface area contributed by atoms with Crippen LogP contribution in [0.5, 0.6) is 0 Å². The molecule has 2 N–H and O–H groups in total. The van der Waals surface area contributed by atoms with Crippen molar-refractivity contribution >= 4 is 17.5 Å². The molecule has 1 aliphatic rings. The number of rotatable bonds is 5. The fraction of sp³-hybridized carbons (Fsp3) is 0.364. The summed E-state index contributed by atoms with van der Waals surface area (Å²) in [6.07, 6.45) is 0. The zero-order valence-corrected chi connectivity index (χ0v) is 16.8. The van der Waals surface area contributed by atoms with Gasteiger partial charge in [-0.05, 0) is 37.7 Å². The number of benzene rings is 2. The molecule has 29 heavy (non-hydrogen) atoms. The average molecular weight is 398 g/mol. The highest BCUT2D eigenvalue weighted by atomic mass is 19.1. The van der Waals surface area contributed by atoms with Crippen LogP contribution in [0.4, 0.5) is 10.1 Å². The van der Waals surface area contributed by atoms with Crippen molar-refractivity contribution in [3.8, 4) is 0 Å². The van der Waals surface area contributed by atoms with Crippen molar-refractivity contribution in [2.75, 3.05) is 45.1 Å². The lowest BCUT2D eigenvalue weighted by Crippen LogP contribution is -2.49. The molecule has 0 saturated carbocycles. The number of carbonyl (C=O) groups excluding carboxylic acids is 2. The third kappa shape index (κ3) is 5.85. The molecule has 0 aromatic heterocycles. The molecule has 2 aromatic rings. The second-order valence-electron chi connectivity index (χ2n) is 7.44. The summed E-state index contributed by atoms with van der Waals surface area (Å²) in [6, 6.07) is 13.7. The molecule has 1 aliphatic heterocycles. The maximum absolute atomic E-state index is 13.3. The van der Waals surface area contributed by atoms with Crippen LogP contribution in [0.15, 0.2) is 48.5 Å². The van der Waals surface area contributed by atoms with Crippen LogP contribution in [0.2, 0.25) is 0 Å². The summed E-state index contributed by atoms with van der Waals surface area (Å²) in [7, 11) is 2.09. The van der Waals surface area contributed by atoms with Crippen LogP contribution >= 0.6 is 0 Å². The van der Waals surface area contributed by atoms with Gasteiger partial charge in [-0.15, -0.1) is 0 Å². The first-order chi connectivity index (χ1) is 13.9. The van der Waals surface area contributed by atoms with Gasteiger partial charge in [0.2, 0.25) is 0 Å². The van der Waals surface area contributed by atoms with E-state index in [4.69, 9.17) is 0 Å². The van der Waals surface area contributed by atoms with Crippen LogP contribution in [0.1, 0.15) is 17.2 Å². The molecule has 0 radical (unpaired) electrons. The van der Waals surface area contributed by atoms with Crippen molar-refractivity contribution in [2.45, 2.75) is 13.0 Å². The highest BCUT2D eigenvalue weighted by molar-refractivity contribution is 6.39. The van der Waals surface area contributed by atoms with E-state index in [0.717, 1.165) is 31.7 Å². The molecule has 0 bridgehead atoms. The predicted molar refractivity (Wildman–Crippen MR) is 111 cm³/mol. The van der Waals surface area contributed by atoms with Gasteiger partial charge in [-0.2, -0.15) is 0 Å². The Balaban J connectivity index is 1.64. The summed E-state index contributed by atoms with van der Waals surface area (Å²) in [5, 5.41) is 5.17. The second kappa shape index (κ2) is 9.62. The van der Waals surface area contributed by atoms with E-state index < -0.39 is 17.6 Å². The SMILES string of the molecule is Cc1ccc([C@@H](CNC(=O)C(=O)Nc2cccc(F)c2)N2CCN(C)CC2)cc1. The van der Waals surface area contributed by atoms with Crippen molar-refractivity contribution in [2.24, 2.45) is 0 Å². The molecule has 0 unspecified atom stereocenters. The van der Waals surface area contributed by atoms with Gasteiger partial charge in [-0.3, -0.25) is 14.5 Å². The minimum Gasteiger partial charge on any atom is -0.346 e. The first kappa shape index (κ1) is 21.0. The van der Waals surface area contributed by atoms with Gasteiger partial charge in [0.1, 0.15) is 5.82 Å². The number of piperazine rings is 1. The number of amides is 2. The third-order valence-electron chi connectivity index (χ3n) is 5.19. The van der Waals surface area contributed by atoms with Gasteiger partial charge >= 0.3 is 11.8 Å². The summed E-state index contributed by atoms with van der Waals surface area (Å²) < 4.78 is 13.3. The molecule has 0 spiro atoms.